The van der Waals surface area contributed by atoms with Crippen molar-refractivity contribution >= 4 is 15.9 Å². The van der Waals surface area contributed by atoms with Crippen molar-refractivity contribution < 1.29 is 17.9 Å². The van der Waals surface area contributed by atoms with Gasteiger partial charge < -0.3 is 9.64 Å². The van der Waals surface area contributed by atoms with Gasteiger partial charge in [-0.15, -0.1) is 5.10 Å². The summed E-state index contributed by atoms with van der Waals surface area (Å²) in [4.78, 5) is 15.2. The zero-order valence-corrected chi connectivity index (χ0v) is 18.4. The molecule has 1 unspecified atom stereocenters. The number of hydrogen-bond acceptors (Lipinski definition) is 7. The van der Waals surface area contributed by atoms with Crippen LogP contribution in [0.1, 0.15) is 11.6 Å². The normalized spacial score (nSPS) is 16.0. The number of hydrogen-bond donors (Lipinski definition) is 0. The summed E-state index contributed by atoms with van der Waals surface area (Å²) in [5.41, 5.74) is 0.988. The third kappa shape index (κ3) is 4.63. The lowest BCUT2D eigenvalue weighted by Gasteiger charge is -2.35. The van der Waals surface area contributed by atoms with Gasteiger partial charge in [-0.2, -0.15) is 4.31 Å². The number of nitrogens with zero attached hydrogens (tertiary/aromatic N) is 6. The van der Waals surface area contributed by atoms with Gasteiger partial charge in [-0.25, -0.2) is 13.1 Å². The zero-order chi connectivity index (χ0) is 22.6. The number of carbonyl (C=O) groups is 1. The topological polar surface area (TPSA) is 111 Å². The fraction of sp³-hybridized carbons (Fsp3) is 0.333. The molecule has 10 nitrogen and oxygen atoms in total. The smallest absolute Gasteiger partial charge is 0.248 e. The van der Waals surface area contributed by atoms with Crippen LogP contribution in [0.5, 0.6) is 5.75 Å². The predicted octanol–water partition coefficient (Wildman–Crippen LogP) is 0.999. The van der Waals surface area contributed by atoms with E-state index < -0.39 is 16.1 Å². The first-order valence-corrected chi connectivity index (χ1v) is 11.6. The zero-order valence-electron chi connectivity index (χ0n) is 17.6. The molecule has 1 saturated heterocycles. The molecule has 1 aromatic heterocycles. The molecular weight excluding hydrogens is 432 g/mol. The van der Waals surface area contributed by atoms with Crippen molar-refractivity contribution in [3.8, 4) is 5.75 Å². The predicted molar refractivity (Wildman–Crippen MR) is 115 cm³/mol. The third-order valence-corrected chi connectivity index (χ3v) is 7.40. The second kappa shape index (κ2) is 9.45. The molecule has 168 valence electrons. The maximum absolute atomic E-state index is 13.3. The number of piperazine rings is 1. The molecule has 1 amide bonds. The minimum atomic E-state index is -3.65. The first kappa shape index (κ1) is 21.9. The molecule has 32 heavy (non-hydrogen) atoms. The van der Waals surface area contributed by atoms with Crippen LogP contribution in [0.15, 0.2) is 65.8 Å². The van der Waals surface area contributed by atoms with Crippen molar-refractivity contribution in [1.82, 2.24) is 29.4 Å². The average Bonchev–Trinajstić information content (AvgIpc) is 3.37. The Kier molecular flexibility index (Phi) is 6.47. The number of tetrazole rings is 1. The van der Waals surface area contributed by atoms with Crippen molar-refractivity contribution in [3.63, 3.8) is 0 Å². The van der Waals surface area contributed by atoms with Gasteiger partial charge in [0.2, 0.25) is 15.9 Å². The standard InChI is InChI=1S/C21H24N6O4S/c1-31-18-7-9-19(10-8-18)32(29,30)26-13-11-25(12-14-26)21(28)20(27-16-22-23-24-27)15-17-5-3-2-4-6-17/h2-10,16,20H,11-15H2,1H3. The second-order valence-corrected chi connectivity index (χ2v) is 9.34. The van der Waals surface area contributed by atoms with Crippen LogP contribution in [0.25, 0.3) is 0 Å². The van der Waals surface area contributed by atoms with E-state index in [1.54, 1.807) is 17.0 Å². The molecule has 0 spiro atoms. The van der Waals surface area contributed by atoms with E-state index in [2.05, 4.69) is 15.5 Å². The Morgan fingerprint density at radius 3 is 2.31 bits per heavy atom. The van der Waals surface area contributed by atoms with E-state index >= 15 is 0 Å². The number of amides is 1. The van der Waals surface area contributed by atoms with Gasteiger partial charge in [-0.3, -0.25) is 4.79 Å². The molecule has 11 heteroatoms. The number of sulfonamides is 1. The molecule has 0 N–H and O–H groups in total. The van der Waals surface area contributed by atoms with Gasteiger partial charge in [0.1, 0.15) is 18.1 Å². The number of carbonyl (C=O) groups excluding carboxylic acids is 1. The summed E-state index contributed by atoms with van der Waals surface area (Å²) in [6, 6.07) is 15.3. The Hall–Kier alpha value is -3.31. The van der Waals surface area contributed by atoms with Crippen LogP contribution >= 0.6 is 0 Å². The molecule has 1 aliphatic rings. The Labute approximate surface area is 186 Å². The first-order chi connectivity index (χ1) is 15.5. The van der Waals surface area contributed by atoms with Crippen molar-refractivity contribution in [3.05, 3.63) is 66.5 Å². The van der Waals surface area contributed by atoms with Gasteiger partial charge in [0.15, 0.2) is 0 Å². The number of ether oxygens (including phenoxy) is 1. The summed E-state index contributed by atoms with van der Waals surface area (Å²) in [6.07, 6.45) is 1.87. The molecule has 0 saturated carbocycles. The summed E-state index contributed by atoms with van der Waals surface area (Å²) in [6.45, 7) is 1.02. The lowest BCUT2D eigenvalue weighted by molar-refractivity contribution is -0.136. The number of aromatic nitrogens is 4. The number of methoxy groups -OCH3 is 1. The minimum absolute atomic E-state index is 0.136. The van der Waals surface area contributed by atoms with Crippen LogP contribution < -0.4 is 4.74 Å². The van der Waals surface area contributed by atoms with Crippen molar-refractivity contribution in [2.75, 3.05) is 33.3 Å². The van der Waals surface area contributed by atoms with E-state index in [0.29, 0.717) is 25.3 Å². The molecule has 2 aromatic carbocycles. The quantitative estimate of drug-likeness (QED) is 0.521. The SMILES string of the molecule is COc1ccc(S(=O)(=O)N2CCN(C(=O)C(Cc3ccccc3)n3cnnn3)CC2)cc1. The Morgan fingerprint density at radius 1 is 1.03 bits per heavy atom. The molecule has 1 aliphatic heterocycles. The van der Waals surface area contributed by atoms with Crippen molar-refractivity contribution in [2.24, 2.45) is 0 Å². The van der Waals surface area contributed by atoms with Crippen LogP contribution in [0.3, 0.4) is 0 Å². The highest BCUT2D eigenvalue weighted by Crippen LogP contribution is 2.22. The summed E-state index contributed by atoms with van der Waals surface area (Å²) in [7, 11) is -2.12. The van der Waals surface area contributed by atoms with Crippen molar-refractivity contribution in [2.45, 2.75) is 17.4 Å². The highest BCUT2D eigenvalue weighted by Gasteiger charge is 2.33. The molecule has 3 aromatic rings. The summed E-state index contributed by atoms with van der Waals surface area (Å²) < 4.78 is 33.9. The van der Waals surface area contributed by atoms with E-state index in [9.17, 15) is 13.2 Å². The Balaban J connectivity index is 1.45. The van der Waals surface area contributed by atoms with E-state index in [4.69, 9.17) is 4.74 Å². The first-order valence-electron chi connectivity index (χ1n) is 10.2. The van der Waals surface area contributed by atoms with Crippen LogP contribution in [-0.2, 0) is 21.2 Å². The minimum Gasteiger partial charge on any atom is -0.497 e. The van der Waals surface area contributed by atoms with E-state index in [0.717, 1.165) is 5.56 Å². The molecule has 0 aliphatic carbocycles. The fourth-order valence-electron chi connectivity index (χ4n) is 3.70. The Bertz CT molecular complexity index is 1130. The largest absolute Gasteiger partial charge is 0.497 e. The molecule has 1 atom stereocenters. The second-order valence-electron chi connectivity index (χ2n) is 7.40. The Morgan fingerprint density at radius 2 is 1.72 bits per heavy atom. The van der Waals surface area contributed by atoms with Crippen LogP contribution in [-0.4, -0.2) is 77.0 Å². The summed E-state index contributed by atoms with van der Waals surface area (Å²) in [5, 5.41) is 11.3. The molecule has 2 heterocycles. The number of rotatable bonds is 7. The molecular formula is C21H24N6O4S. The van der Waals surface area contributed by atoms with Gasteiger partial charge in [0, 0.05) is 32.6 Å². The highest BCUT2D eigenvalue weighted by molar-refractivity contribution is 7.89. The number of benzene rings is 2. The lowest BCUT2D eigenvalue weighted by Crippen LogP contribution is -2.52. The van der Waals surface area contributed by atoms with E-state index in [1.165, 1.54) is 34.6 Å². The molecule has 0 radical (unpaired) electrons. The maximum atomic E-state index is 13.3. The van der Waals surface area contributed by atoms with Gasteiger partial charge in [-0.05, 0) is 40.3 Å². The van der Waals surface area contributed by atoms with Gasteiger partial charge in [0.25, 0.3) is 0 Å². The highest BCUT2D eigenvalue weighted by atomic mass is 32.2. The fourth-order valence-corrected chi connectivity index (χ4v) is 5.12. The van der Waals surface area contributed by atoms with Crippen LogP contribution in [0.4, 0.5) is 0 Å². The van der Waals surface area contributed by atoms with Gasteiger partial charge >= 0.3 is 0 Å². The molecule has 1 fully saturated rings. The van der Waals surface area contributed by atoms with E-state index in [-0.39, 0.29) is 23.9 Å². The lowest BCUT2D eigenvalue weighted by atomic mass is 10.0. The van der Waals surface area contributed by atoms with Crippen LogP contribution in [0, 0.1) is 0 Å². The van der Waals surface area contributed by atoms with Crippen molar-refractivity contribution in [1.29, 1.82) is 0 Å². The van der Waals surface area contributed by atoms with Gasteiger partial charge in [-0.1, -0.05) is 30.3 Å². The maximum Gasteiger partial charge on any atom is 0.248 e. The average molecular weight is 457 g/mol. The van der Waals surface area contributed by atoms with E-state index in [1.807, 2.05) is 30.3 Å². The third-order valence-electron chi connectivity index (χ3n) is 5.49. The monoisotopic (exact) mass is 456 g/mol. The van der Waals surface area contributed by atoms with Crippen LogP contribution in [0.2, 0.25) is 0 Å². The summed E-state index contributed by atoms with van der Waals surface area (Å²) >= 11 is 0. The molecule has 4 rings (SSSR count). The van der Waals surface area contributed by atoms with Gasteiger partial charge in [0.05, 0.1) is 12.0 Å². The summed E-state index contributed by atoms with van der Waals surface area (Å²) in [5.74, 6) is 0.453. The molecule has 0 bridgehead atoms.